The average molecular weight is 496 g/mol. The minimum absolute atomic E-state index is 0.0581. The number of ketones is 1. The lowest BCUT2D eigenvalue weighted by molar-refractivity contribution is -0.116. The molecule has 0 aliphatic carbocycles. The smallest absolute Gasteiger partial charge is 0.136 e. The lowest BCUT2D eigenvalue weighted by Gasteiger charge is -2.42. The number of aromatic nitrogens is 2. The molecule has 4 rings (SSSR count). The number of pyridine rings is 1. The van der Waals surface area contributed by atoms with Crippen LogP contribution in [0.1, 0.15) is 59.9 Å². The molecule has 1 aliphatic heterocycles. The second kappa shape index (κ2) is 9.51. The van der Waals surface area contributed by atoms with Crippen LogP contribution in [0, 0.1) is 5.41 Å². The SMILES string of the molecule is COc1ccc2c(OC3CC(C(C)(C)C)N(C(C)(C)C)C3)cc(-c3csc(CC(C)=O)n3)nc2c1. The van der Waals surface area contributed by atoms with Crippen molar-refractivity contribution in [2.75, 3.05) is 13.7 Å². The van der Waals surface area contributed by atoms with E-state index in [2.05, 4.69) is 51.4 Å². The summed E-state index contributed by atoms with van der Waals surface area (Å²) in [4.78, 5) is 23.7. The van der Waals surface area contributed by atoms with Crippen molar-refractivity contribution < 1.29 is 14.3 Å². The number of benzene rings is 1. The molecule has 0 radical (unpaired) electrons. The lowest BCUT2D eigenvalue weighted by atomic mass is 9.83. The number of carbonyl (C=O) groups is 1. The highest BCUT2D eigenvalue weighted by atomic mass is 32.1. The second-order valence-electron chi connectivity index (χ2n) is 11.6. The molecule has 1 saturated heterocycles. The van der Waals surface area contributed by atoms with E-state index in [4.69, 9.17) is 14.5 Å². The van der Waals surface area contributed by atoms with Crippen LogP contribution in [0.3, 0.4) is 0 Å². The van der Waals surface area contributed by atoms with Crippen molar-refractivity contribution in [1.29, 1.82) is 0 Å². The Morgan fingerprint density at radius 2 is 1.86 bits per heavy atom. The number of likely N-dealkylation sites (tertiary alicyclic amines) is 1. The number of nitrogens with zero attached hydrogens (tertiary/aromatic N) is 3. The minimum atomic E-state index is 0.0581. The number of fused-ring (bicyclic) bond motifs is 1. The van der Waals surface area contributed by atoms with Gasteiger partial charge in [0.25, 0.3) is 0 Å². The summed E-state index contributed by atoms with van der Waals surface area (Å²) in [6.45, 7) is 16.2. The summed E-state index contributed by atoms with van der Waals surface area (Å²) < 4.78 is 12.2. The molecule has 2 atom stereocenters. The number of hydrogen-bond donors (Lipinski definition) is 0. The molecule has 0 spiro atoms. The molecule has 1 aliphatic rings. The maximum absolute atomic E-state index is 11.6. The van der Waals surface area contributed by atoms with Crippen molar-refractivity contribution in [2.24, 2.45) is 5.41 Å². The van der Waals surface area contributed by atoms with Crippen molar-refractivity contribution in [2.45, 2.75) is 79.0 Å². The first-order valence-electron chi connectivity index (χ1n) is 12.2. The van der Waals surface area contributed by atoms with Gasteiger partial charge in [-0.25, -0.2) is 9.97 Å². The molecule has 3 aromatic rings. The Labute approximate surface area is 212 Å². The van der Waals surface area contributed by atoms with Crippen molar-refractivity contribution in [3.8, 4) is 22.9 Å². The van der Waals surface area contributed by atoms with Crippen LogP contribution in [0.4, 0.5) is 0 Å². The molecule has 3 heterocycles. The number of Topliss-reactive ketones (excluding diaryl/α,β-unsaturated/α-hetero) is 1. The van der Waals surface area contributed by atoms with Crippen LogP contribution in [0.2, 0.25) is 0 Å². The number of carbonyl (C=O) groups excluding carboxylic acids is 1. The Kier molecular flexibility index (Phi) is 6.95. The van der Waals surface area contributed by atoms with Gasteiger partial charge in [0.05, 0.1) is 24.7 Å². The molecule has 0 N–H and O–H groups in total. The van der Waals surface area contributed by atoms with Crippen LogP contribution >= 0.6 is 11.3 Å². The van der Waals surface area contributed by atoms with E-state index in [0.717, 1.165) is 51.8 Å². The molecule has 0 amide bonds. The monoisotopic (exact) mass is 495 g/mol. The van der Waals surface area contributed by atoms with E-state index < -0.39 is 0 Å². The summed E-state index contributed by atoms with van der Waals surface area (Å²) in [6, 6.07) is 8.31. The molecule has 1 aromatic carbocycles. The zero-order valence-corrected chi connectivity index (χ0v) is 23.0. The van der Waals surface area contributed by atoms with Crippen LogP contribution in [0.25, 0.3) is 22.3 Å². The fourth-order valence-corrected chi connectivity index (χ4v) is 5.74. The summed E-state index contributed by atoms with van der Waals surface area (Å²) in [5.74, 6) is 1.66. The number of methoxy groups -OCH3 is 1. The quantitative estimate of drug-likeness (QED) is 0.408. The first-order chi connectivity index (χ1) is 16.3. The van der Waals surface area contributed by atoms with Gasteiger partial charge in [0.2, 0.25) is 0 Å². The first-order valence-corrected chi connectivity index (χ1v) is 13.1. The van der Waals surface area contributed by atoms with Gasteiger partial charge in [-0.3, -0.25) is 9.69 Å². The molecule has 35 heavy (non-hydrogen) atoms. The highest BCUT2D eigenvalue weighted by Crippen LogP contribution is 2.40. The number of thiazole rings is 1. The van der Waals surface area contributed by atoms with E-state index in [1.165, 1.54) is 11.3 Å². The number of hydrogen-bond acceptors (Lipinski definition) is 7. The van der Waals surface area contributed by atoms with Gasteiger partial charge in [0.1, 0.15) is 34.1 Å². The highest BCUT2D eigenvalue weighted by Gasteiger charge is 2.44. The van der Waals surface area contributed by atoms with Crippen molar-refractivity contribution in [3.63, 3.8) is 0 Å². The third-order valence-electron chi connectivity index (χ3n) is 6.61. The standard InChI is InChI=1S/C28H37N3O3S/c1-17(32)11-26-30-23(16-35-26)22-14-24(20-10-9-18(33-8)12-21(20)29-22)34-19-13-25(27(2,3)4)31(15-19)28(5,6)7/h9-10,12,14,16,19,25H,11,13,15H2,1-8H3. The maximum atomic E-state index is 11.6. The van der Waals surface area contributed by atoms with Crippen molar-refractivity contribution >= 4 is 28.0 Å². The second-order valence-corrected chi connectivity index (χ2v) is 12.5. The summed E-state index contributed by atoms with van der Waals surface area (Å²) in [5, 5.41) is 3.71. The number of ether oxygens (including phenoxy) is 2. The molecule has 2 aromatic heterocycles. The third-order valence-corrected chi connectivity index (χ3v) is 7.46. The fourth-order valence-electron chi connectivity index (χ4n) is 4.88. The topological polar surface area (TPSA) is 64.6 Å². The molecule has 0 saturated carbocycles. The Morgan fingerprint density at radius 3 is 2.46 bits per heavy atom. The zero-order chi connectivity index (χ0) is 25.5. The summed E-state index contributed by atoms with van der Waals surface area (Å²) in [7, 11) is 1.66. The first kappa shape index (κ1) is 25.6. The molecule has 188 valence electrons. The summed E-state index contributed by atoms with van der Waals surface area (Å²) in [5.41, 5.74) is 2.51. The molecule has 7 heteroatoms. The van der Waals surface area contributed by atoms with Gasteiger partial charge in [0, 0.05) is 47.4 Å². The minimum Gasteiger partial charge on any atom is -0.497 e. The summed E-state index contributed by atoms with van der Waals surface area (Å²) >= 11 is 1.49. The van der Waals surface area contributed by atoms with E-state index in [9.17, 15) is 4.79 Å². The Hall–Kier alpha value is -2.51. The highest BCUT2D eigenvalue weighted by molar-refractivity contribution is 7.10. The van der Waals surface area contributed by atoms with Crippen LogP contribution in [0.5, 0.6) is 11.5 Å². The van der Waals surface area contributed by atoms with E-state index in [0.29, 0.717) is 12.5 Å². The molecular formula is C28H37N3O3S. The van der Waals surface area contributed by atoms with Gasteiger partial charge in [0.15, 0.2) is 0 Å². The molecule has 6 nitrogen and oxygen atoms in total. The molecular weight excluding hydrogens is 458 g/mol. The van der Waals surface area contributed by atoms with Crippen molar-refractivity contribution in [1.82, 2.24) is 14.9 Å². The normalized spacial score (nSPS) is 19.3. The number of rotatable bonds is 6. The van der Waals surface area contributed by atoms with E-state index in [1.807, 2.05) is 29.6 Å². The fraction of sp³-hybridized carbons (Fsp3) is 0.536. The van der Waals surface area contributed by atoms with Gasteiger partial charge in [-0.1, -0.05) is 20.8 Å². The zero-order valence-electron chi connectivity index (χ0n) is 22.1. The van der Waals surface area contributed by atoms with Gasteiger partial charge < -0.3 is 9.47 Å². The maximum Gasteiger partial charge on any atom is 0.136 e. The lowest BCUT2D eigenvalue weighted by Crippen LogP contribution is -2.49. The largest absolute Gasteiger partial charge is 0.497 e. The van der Waals surface area contributed by atoms with Gasteiger partial charge in [-0.15, -0.1) is 11.3 Å². The summed E-state index contributed by atoms with van der Waals surface area (Å²) in [6.07, 6.45) is 1.38. The van der Waals surface area contributed by atoms with E-state index in [1.54, 1.807) is 14.0 Å². The Bertz CT molecular complexity index is 1200. The third kappa shape index (κ3) is 5.67. The van der Waals surface area contributed by atoms with Crippen LogP contribution < -0.4 is 9.47 Å². The molecule has 2 unspecified atom stereocenters. The average Bonchev–Trinajstić information content (AvgIpc) is 3.40. The predicted molar refractivity (Wildman–Crippen MR) is 143 cm³/mol. The van der Waals surface area contributed by atoms with E-state index in [-0.39, 0.29) is 22.8 Å². The Morgan fingerprint density at radius 1 is 1.11 bits per heavy atom. The molecule has 1 fully saturated rings. The van der Waals surface area contributed by atoms with E-state index >= 15 is 0 Å². The van der Waals surface area contributed by atoms with Crippen LogP contribution in [0.15, 0.2) is 29.6 Å². The molecule has 0 bridgehead atoms. The van der Waals surface area contributed by atoms with Gasteiger partial charge in [-0.05, 0) is 45.2 Å². The van der Waals surface area contributed by atoms with Gasteiger partial charge in [-0.2, -0.15) is 0 Å². The van der Waals surface area contributed by atoms with Crippen LogP contribution in [-0.2, 0) is 11.2 Å². The Balaban J connectivity index is 1.72. The van der Waals surface area contributed by atoms with Crippen LogP contribution in [-0.4, -0.2) is 52.0 Å². The predicted octanol–water partition coefficient (Wildman–Crippen LogP) is 6.16. The van der Waals surface area contributed by atoms with Gasteiger partial charge >= 0.3 is 0 Å². The van der Waals surface area contributed by atoms with Crippen molar-refractivity contribution in [3.05, 3.63) is 34.7 Å².